The smallest absolute Gasteiger partial charge is 0.344 e. The van der Waals surface area contributed by atoms with E-state index in [1.165, 1.54) is 23.1 Å². The number of rotatable bonds is 7. The predicted molar refractivity (Wildman–Crippen MR) is 109 cm³/mol. The summed E-state index contributed by atoms with van der Waals surface area (Å²) in [6.07, 6.45) is 1.03. The van der Waals surface area contributed by atoms with Crippen molar-refractivity contribution in [1.82, 2.24) is 4.90 Å². The van der Waals surface area contributed by atoms with Gasteiger partial charge in [-0.3, -0.25) is 9.59 Å². The van der Waals surface area contributed by atoms with Gasteiger partial charge in [0.05, 0.1) is 17.2 Å². The molecule has 1 fully saturated rings. The van der Waals surface area contributed by atoms with Crippen molar-refractivity contribution in [2.75, 3.05) is 25.2 Å². The first-order valence-electron chi connectivity index (χ1n) is 9.41. The highest BCUT2D eigenvalue weighted by atomic mass is 32.2. The average Bonchev–Trinajstić information content (AvgIpc) is 3.01. The van der Waals surface area contributed by atoms with E-state index < -0.39 is 40.1 Å². The molecule has 0 unspecified atom stereocenters. The van der Waals surface area contributed by atoms with Gasteiger partial charge in [0.1, 0.15) is 5.92 Å². The minimum atomic E-state index is -3.60. The van der Waals surface area contributed by atoms with Crippen LogP contribution in [0, 0.1) is 5.92 Å². The molecule has 0 radical (unpaired) electrons. The summed E-state index contributed by atoms with van der Waals surface area (Å²) in [5.74, 6) is -2.67. The summed E-state index contributed by atoms with van der Waals surface area (Å²) in [5, 5.41) is 2.57. The Hall–Kier alpha value is -2.85. The molecule has 3 rings (SSSR count). The van der Waals surface area contributed by atoms with Gasteiger partial charge in [0.25, 0.3) is 0 Å². The number of sulfone groups is 1. The largest absolute Gasteiger partial charge is 0.345 e. The van der Waals surface area contributed by atoms with E-state index in [0.717, 1.165) is 6.26 Å². The highest BCUT2D eigenvalue weighted by Gasteiger charge is 2.44. The summed E-state index contributed by atoms with van der Waals surface area (Å²) in [7, 11) is -2.03. The number of nitrogens with one attached hydrogen (secondary N) is 1. The number of alkyl halides is 2. The second-order valence-electron chi connectivity index (χ2n) is 7.38. The molecule has 1 N–H and O–H groups in total. The fourth-order valence-electron chi connectivity index (χ4n) is 3.67. The van der Waals surface area contributed by atoms with Crippen LogP contribution in [0.1, 0.15) is 17.0 Å². The third-order valence-corrected chi connectivity index (χ3v) is 6.25. The molecule has 0 aromatic heterocycles. The van der Waals surface area contributed by atoms with Crippen molar-refractivity contribution in [2.24, 2.45) is 5.92 Å². The number of para-hydroxylation sites is 1. The van der Waals surface area contributed by atoms with Gasteiger partial charge in [-0.15, -0.1) is 0 Å². The molecule has 1 aliphatic rings. The molecule has 166 valence electrons. The lowest BCUT2D eigenvalue weighted by Crippen LogP contribution is -2.33. The summed E-state index contributed by atoms with van der Waals surface area (Å²) in [5.41, 5.74) is 1.21. The number of amides is 2. The molecule has 2 aromatic rings. The lowest BCUT2D eigenvalue weighted by Gasteiger charge is -2.18. The van der Waals surface area contributed by atoms with E-state index in [1.807, 2.05) is 0 Å². The van der Waals surface area contributed by atoms with E-state index in [1.54, 1.807) is 37.4 Å². The Kier molecular flexibility index (Phi) is 6.71. The molecule has 1 saturated heterocycles. The monoisotopic (exact) mass is 452 g/mol. The SMILES string of the molecule is CN1C[C@H](c2cccc(COC(F)F)c2)[C@@H](C(=O)Nc2ccccc2S(C)(=O)=O)C1=O. The van der Waals surface area contributed by atoms with Gasteiger partial charge in [0, 0.05) is 25.8 Å². The van der Waals surface area contributed by atoms with Crippen LogP contribution >= 0.6 is 0 Å². The van der Waals surface area contributed by atoms with Crippen LogP contribution < -0.4 is 5.32 Å². The number of carbonyl (C=O) groups is 2. The van der Waals surface area contributed by atoms with E-state index in [2.05, 4.69) is 10.1 Å². The molecule has 1 heterocycles. The van der Waals surface area contributed by atoms with Crippen molar-refractivity contribution in [2.45, 2.75) is 24.0 Å². The molecule has 2 amide bonds. The topological polar surface area (TPSA) is 92.8 Å². The van der Waals surface area contributed by atoms with Crippen LogP contribution in [-0.4, -0.2) is 51.6 Å². The normalized spacial score (nSPS) is 19.1. The van der Waals surface area contributed by atoms with Gasteiger partial charge in [-0.2, -0.15) is 8.78 Å². The summed E-state index contributed by atoms with van der Waals surface area (Å²) < 4.78 is 53.1. The molecule has 1 aliphatic heterocycles. The van der Waals surface area contributed by atoms with Gasteiger partial charge in [-0.25, -0.2) is 8.42 Å². The lowest BCUT2D eigenvalue weighted by atomic mass is 9.87. The lowest BCUT2D eigenvalue weighted by molar-refractivity contribution is -0.137. The van der Waals surface area contributed by atoms with Crippen LogP contribution in [0.25, 0.3) is 0 Å². The third-order valence-electron chi connectivity index (χ3n) is 5.10. The molecule has 2 atom stereocenters. The number of likely N-dealkylation sites (tertiary alicyclic amines) is 1. The Morgan fingerprint density at radius 3 is 2.61 bits per heavy atom. The van der Waals surface area contributed by atoms with Crippen LogP contribution in [0.3, 0.4) is 0 Å². The average molecular weight is 452 g/mol. The maximum atomic E-state index is 13.1. The Balaban J connectivity index is 1.88. The van der Waals surface area contributed by atoms with E-state index >= 15 is 0 Å². The zero-order chi connectivity index (χ0) is 22.8. The summed E-state index contributed by atoms with van der Waals surface area (Å²) in [6.45, 7) is -2.96. The summed E-state index contributed by atoms with van der Waals surface area (Å²) >= 11 is 0. The van der Waals surface area contributed by atoms with Gasteiger partial charge in [-0.1, -0.05) is 36.4 Å². The highest BCUT2D eigenvalue weighted by molar-refractivity contribution is 7.90. The van der Waals surface area contributed by atoms with Gasteiger partial charge in [0.2, 0.25) is 11.8 Å². The second-order valence-corrected chi connectivity index (χ2v) is 9.36. The third kappa shape index (κ3) is 5.26. The number of ether oxygens (including phenoxy) is 1. The Labute approximate surface area is 178 Å². The van der Waals surface area contributed by atoms with Crippen molar-refractivity contribution in [3.63, 3.8) is 0 Å². The van der Waals surface area contributed by atoms with Crippen molar-refractivity contribution >= 4 is 27.3 Å². The van der Waals surface area contributed by atoms with Crippen molar-refractivity contribution in [3.8, 4) is 0 Å². The van der Waals surface area contributed by atoms with Crippen molar-refractivity contribution in [3.05, 3.63) is 59.7 Å². The van der Waals surface area contributed by atoms with Crippen molar-refractivity contribution < 1.29 is 31.5 Å². The Bertz CT molecular complexity index is 1090. The molecule has 0 saturated carbocycles. The van der Waals surface area contributed by atoms with Gasteiger partial charge in [0.15, 0.2) is 9.84 Å². The van der Waals surface area contributed by atoms with Crippen LogP contribution in [0.2, 0.25) is 0 Å². The van der Waals surface area contributed by atoms with Crippen LogP contribution in [0.5, 0.6) is 0 Å². The molecule has 0 bridgehead atoms. The number of likely N-dealkylation sites (N-methyl/N-ethyl adjacent to an activating group) is 1. The van der Waals surface area contributed by atoms with E-state index in [0.29, 0.717) is 11.1 Å². The van der Waals surface area contributed by atoms with E-state index in [9.17, 15) is 26.8 Å². The predicted octanol–water partition coefficient (Wildman–Crippen LogP) is 2.64. The minimum absolute atomic E-state index is 0.0511. The number of anilines is 1. The van der Waals surface area contributed by atoms with Gasteiger partial charge >= 0.3 is 6.61 Å². The first-order chi connectivity index (χ1) is 14.6. The fraction of sp³-hybridized carbons (Fsp3) is 0.333. The second kappa shape index (κ2) is 9.11. The van der Waals surface area contributed by atoms with Crippen molar-refractivity contribution in [1.29, 1.82) is 0 Å². The standard InChI is InChI=1S/C21H22F2N2O5S/c1-25-11-15(14-7-5-6-13(10-14)12-30-21(22)23)18(20(25)27)19(26)24-16-8-3-4-9-17(16)31(2,28)29/h3-10,15,18,21H,11-12H2,1-2H3,(H,24,26)/t15-,18+/m1/s1. The maximum Gasteiger partial charge on any atom is 0.345 e. The number of hydrogen-bond donors (Lipinski definition) is 1. The quantitative estimate of drug-likeness (QED) is 0.652. The Morgan fingerprint density at radius 2 is 1.94 bits per heavy atom. The fourth-order valence-corrected chi connectivity index (χ4v) is 4.51. The van der Waals surface area contributed by atoms with E-state index in [4.69, 9.17) is 0 Å². The maximum absolute atomic E-state index is 13.1. The molecule has 31 heavy (non-hydrogen) atoms. The number of carbonyl (C=O) groups excluding carboxylic acids is 2. The summed E-state index contributed by atoms with van der Waals surface area (Å²) in [4.78, 5) is 27.1. The van der Waals surface area contributed by atoms with Gasteiger partial charge in [-0.05, 0) is 23.3 Å². The molecular formula is C21H22F2N2O5S. The number of nitrogens with zero attached hydrogens (tertiary/aromatic N) is 1. The number of hydrogen-bond acceptors (Lipinski definition) is 5. The molecule has 0 aliphatic carbocycles. The molecule has 7 nitrogen and oxygen atoms in total. The first kappa shape index (κ1) is 22.8. The zero-order valence-electron chi connectivity index (χ0n) is 16.9. The van der Waals surface area contributed by atoms with E-state index in [-0.39, 0.29) is 23.7 Å². The summed E-state index contributed by atoms with van der Waals surface area (Å²) in [6, 6.07) is 12.6. The highest BCUT2D eigenvalue weighted by Crippen LogP contribution is 2.35. The molecule has 0 spiro atoms. The molecule has 10 heteroatoms. The van der Waals surface area contributed by atoms with Crippen LogP contribution in [0.4, 0.5) is 14.5 Å². The van der Waals surface area contributed by atoms with Gasteiger partial charge < -0.3 is 15.0 Å². The first-order valence-corrected chi connectivity index (χ1v) is 11.3. The number of halogens is 2. The molecule has 2 aromatic carbocycles. The van der Waals surface area contributed by atoms with Crippen LogP contribution in [0.15, 0.2) is 53.4 Å². The Morgan fingerprint density at radius 1 is 1.23 bits per heavy atom. The van der Waals surface area contributed by atoms with Crippen LogP contribution in [-0.2, 0) is 30.8 Å². The molecular weight excluding hydrogens is 430 g/mol. The number of benzene rings is 2. The zero-order valence-corrected chi connectivity index (χ0v) is 17.7. The minimum Gasteiger partial charge on any atom is -0.344 e.